The zero-order valence-electron chi connectivity index (χ0n) is 12.3. The molecule has 1 atom stereocenters. The minimum absolute atomic E-state index is 0.222. The number of piperidine rings is 1. The minimum Gasteiger partial charge on any atom is -0.336 e. The average molecular weight is 335 g/mol. The Balaban J connectivity index is 1.68. The first-order valence-corrected chi connectivity index (χ1v) is 8.77. The lowest BCUT2D eigenvalue weighted by Crippen LogP contribution is -2.49. The van der Waals surface area contributed by atoms with Crippen LogP contribution < -0.4 is 4.72 Å². The smallest absolute Gasteiger partial charge is 0.276 e. The lowest BCUT2D eigenvalue weighted by Gasteiger charge is -2.32. The van der Waals surface area contributed by atoms with Crippen molar-refractivity contribution in [1.29, 1.82) is 0 Å². The Bertz CT molecular complexity index is 761. The molecule has 1 aromatic carbocycles. The van der Waals surface area contributed by atoms with Crippen molar-refractivity contribution in [1.82, 2.24) is 25.0 Å². The molecular weight excluding hydrogens is 318 g/mol. The Labute approximate surface area is 133 Å². The molecule has 0 radical (unpaired) electrons. The molecule has 0 spiro atoms. The summed E-state index contributed by atoms with van der Waals surface area (Å²) in [5.41, 5.74) is 0.233. The van der Waals surface area contributed by atoms with Gasteiger partial charge in [-0.3, -0.25) is 4.79 Å². The largest absolute Gasteiger partial charge is 0.336 e. The molecule has 23 heavy (non-hydrogen) atoms. The molecule has 8 nitrogen and oxygen atoms in total. The molecule has 1 amide bonds. The van der Waals surface area contributed by atoms with Gasteiger partial charge in [-0.1, -0.05) is 18.2 Å². The second-order valence-electron chi connectivity index (χ2n) is 5.38. The number of aromatic nitrogens is 3. The molecule has 1 saturated heterocycles. The van der Waals surface area contributed by atoms with E-state index in [1.807, 2.05) is 0 Å². The summed E-state index contributed by atoms with van der Waals surface area (Å²) in [4.78, 5) is 14.1. The fourth-order valence-electron chi connectivity index (χ4n) is 2.61. The number of likely N-dealkylation sites (tertiary alicyclic amines) is 1. The normalized spacial score (nSPS) is 18.8. The van der Waals surface area contributed by atoms with Gasteiger partial charge in [0.05, 0.1) is 11.1 Å². The number of H-pyrrole nitrogens is 1. The van der Waals surface area contributed by atoms with Crippen LogP contribution in [0, 0.1) is 0 Å². The van der Waals surface area contributed by atoms with Crippen molar-refractivity contribution in [3.8, 4) is 0 Å². The predicted molar refractivity (Wildman–Crippen MR) is 82.1 cm³/mol. The van der Waals surface area contributed by atoms with E-state index in [1.54, 1.807) is 35.2 Å². The maximum absolute atomic E-state index is 12.4. The maximum atomic E-state index is 12.4. The van der Waals surface area contributed by atoms with Crippen LogP contribution in [0.5, 0.6) is 0 Å². The van der Waals surface area contributed by atoms with Crippen LogP contribution in [-0.4, -0.2) is 53.8 Å². The molecule has 9 heteroatoms. The van der Waals surface area contributed by atoms with Crippen molar-refractivity contribution >= 4 is 15.9 Å². The monoisotopic (exact) mass is 335 g/mol. The Hall–Kier alpha value is -2.26. The van der Waals surface area contributed by atoms with Gasteiger partial charge < -0.3 is 4.90 Å². The van der Waals surface area contributed by atoms with Crippen LogP contribution in [0.25, 0.3) is 0 Å². The molecule has 1 unspecified atom stereocenters. The molecule has 122 valence electrons. The van der Waals surface area contributed by atoms with Gasteiger partial charge in [0.25, 0.3) is 5.91 Å². The zero-order valence-corrected chi connectivity index (χ0v) is 13.2. The summed E-state index contributed by atoms with van der Waals surface area (Å²) in [6, 6.07) is 7.89. The summed E-state index contributed by atoms with van der Waals surface area (Å²) >= 11 is 0. The number of carbonyl (C=O) groups excluding carboxylic acids is 1. The van der Waals surface area contributed by atoms with Crippen LogP contribution in [0.1, 0.15) is 23.3 Å². The Morgan fingerprint density at radius 3 is 2.78 bits per heavy atom. The first-order chi connectivity index (χ1) is 11.1. The summed E-state index contributed by atoms with van der Waals surface area (Å²) in [5.74, 6) is -0.248. The van der Waals surface area contributed by atoms with E-state index in [0.29, 0.717) is 19.5 Å². The van der Waals surface area contributed by atoms with Gasteiger partial charge in [0.15, 0.2) is 5.69 Å². The van der Waals surface area contributed by atoms with Gasteiger partial charge in [-0.15, -0.1) is 0 Å². The van der Waals surface area contributed by atoms with Gasteiger partial charge in [-0.2, -0.15) is 15.4 Å². The van der Waals surface area contributed by atoms with Crippen molar-refractivity contribution in [3.63, 3.8) is 0 Å². The summed E-state index contributed by atoms with van der Waals surface area (Å²) in [6.07, 6.45) is 2.78. The quantitative estimate of drug-likeness (QED) is 0.840. The van der Waals surface area contributed by atoms with E-state index in [4.69, 9.17) is 0 Å². The number of hydrogen-bond acceptors (Lipinski definition) is 5. The highest BCUT2D eigenvalue weighted by molar-refractivity contribution is 7.89. The first kappa shape index (κ1) is 15.6. The van der Waals surface area contributed by atoms with E-state index in [2.05, 4.69) is 20.1 Å². The summed E-state index contributed by atoms with van der Waals surface area (Å²) < 4.78 is 27.4. The number of nitrogens with one attached hydrogen (secondary N) is 2. The molecule has 3 rings (SSSR count). The summed E-state index contributed by atoms with van der Waals surface area (Å²) in [5, 5.41) is 9.80. The second kappa shape index (κ2) is 6.47. The Morgan fingerprint density at radius 1 is 1.30 bits per heavy atom. The fraction of sp³-hybridized carbons (Fsp3) is 0.357. The molecule has 2 N–H and O–H groups in total. The lowest BCUT2D eigenvalue weighted by atomic mass is 10.1. The standard InChI is InChI=1S/C14H17N5O3S/c20-14(13-9-15-18-16-13)19-8-4-5-11(10-19)17-23(21,22)12-6-2-1-3-7-12/h1-3,6-7,9,11,17H,4-5,8,10H2,(H,15,16,18). The first-order valence-electron chi connectivity index (χ1n) is 7.29. The highest BCUT2D eigenvalue weighted by Gasteiger charge is 2.28. The average Bonchev–Trinajstić information content (AvgIpc) is 3.09. The summed E-state index contributed by atoms with van der Waals surface area (Å²) in [6.45, 7) is 0.896. The van der Waals surface area contributed by atoms with Crippen LogP contribution >= 0.6 is 0 Å². The van der Waals surface area contributed by atoms with E-state index < -0.39 is 10.0 Å². The number of amides is 1. The molecule has 2 heterocycles. The third-order valence-electron chi connectivity index (χ3n) is 3.72. The van der Waals surface area contributed by atoms with Crippen molar-refractivity contribution in [3.05, 3.63) is 42.2 Å². The highest BCUT2D eigenvalue weighted by Crippen LogP contribution is 2.16. The Morgan fingerprint density at radius 2 is 2.09 bits per heavy atom. The minimum atomic E-state index is -3.58. The van der Waals surface area contributed by atoms with Crippen LogP contribution in [0.3, 0.4) is 0 Å². The number of benzene rings is 1. The lowest BCUT2D eigenvalue weighted by molar-refractivity contribution is 0.0697. The molecule has 2 aromatic rings. The SMILES string of the molecule is O=C(c1cn[nH]n1)N1CCCC(NS(=O)(=O)c2ccccc2)C1. The van der Waals surface area contributed by atoms with Crippen molar-refractivity contribution in [2.45, 2.75) is 23.8 Å². The van der Waals surface area contributed by atoms with Crippen molar-refractivity contribution in [2.75, 3.05) is 13.1 Å². The molecule has 1 fully saturated rings. The van der Waals surface area contributed by atoms with Crippen LogP contribution in [-0.2, 0) is 10.0 Å². The maximum Gasteiger partial charge on any atom is 0.276 e. The fourth-order valence-corrected chi connectivity index (χ4v) is 3.89. The highest BCUT2D eigenvalue weighted by atomic mass is 32.2. The van der Waals surface area contributed by atoms with E-state index >= 15 is 0 Å². The third kappa shape index (κ3) is 3.57. The number of rotatable bonds is 4. The van der Waals surface area contributed by atoms with Gasteiger partial charge in [-0.25, -0.2) is 13.1 Å². The molecule has 1 aliphatic rings. The number of nitrogens with zero attached hydrogens (tertiary/aromatic N) is 3. The number of aromatic amines is 1. The zero-order chi connectivity index (χ0) is 16.3. The van der Waals surface area contributed by atoms with Crippen LogP contribution in [0.4, 0.5) is 0 Å². The summed E-state index contributed by atoms with van der Waals surface area (Å²) in [7, 11) is -3.58. The van der Waals surface area contributed by atoms with Gasteiger partial charge in [-0.05, 0) is 25.0 Å². The van der Waals surface area contributed by atoms with Crippen LogP contribution in [0.15, 0.2) is 41.4 Å². The van der Waals surface area contributed by atoms with Gasteiger partial charge in [0.1, 0.15) is 0 Å². The Kier molecular flexibility index (Phi) is 4.39. The van der Waals surface area contributed by atoms with Crippen molar-refractivity contribution in [2.24, 2.45) is 0 Å². The number of hydrogen-bond donors (Lipinski definition) is 2. The van der Waals surface area contributed by atoms with E-state index in [-0.39, 0.29) is 22.5 Å². The third-order valence-corrected chi connectivity index (χ3v) is 5.25. The second-order valence-corrected chi connectivity index (χ2v) is 7.09. The molecule has 1 aliphatic heterocycles. The molecule has 0 bridgehead atoms. The van der Waals surface area contributed by atoms with Gasteiger partial charge in [0.2, 0.25) is 10.0 Å². The topological polar surface area (TPSA) is 108 Å². The predicted octanol–water partition coefficient (Wildman–Crippen LogP) is 0.388. The van der Waals surface area contributed by atoms with Gasteiger partial charge >= 0.3 is 0 Å². The van der Waals surface area contributed by atoms with Gasteiger partial charge in [0, 0.05) is 19.1 Å². The molecule has 0 aliphatic carbocycles. The van der Waals surface area contributed by atoms with Crippen molar-refractivity contribution < 1.29 is 13.2 Å². The van der Waals surface area contributed by atoms with Crippen LogP contribution in [0.2, 0.25) is 0 Å². The number of carbonyl (C=O) groups is 1. The molecular formula is C14H17N5O3S. The molecule has 1 aromatic heterocycles. The van der Waals surface area contributed by atoms with E-state index in [1.165, 1.54) is 6.20 Å². The molecule has 0 saturated carbocycles. The number of sulfonamides is 1. The van der Waals surface area contributed by atoms with E-state index in [9.17, 15) is 13.2 Å². The van der Waals surface area contributed by atoms with E-state index in [0.717, 1.165) is 6.42 Å².